The van der Waals surface area contributed by atoms with Gasteiger partial charge in [0.25, 0.3) is 5.91 Å². The molecule has 1 aromatic heterocycles. The number of rotatable bonds is 3. The summed E-state index contributed by atoms with van der Waals surface area (Å²) in [5, 5.41) is 2.91. The van der Waals surface area contributed by atoms with Crippen molar-refractivity contribution in [3.8, 4) is 0 Å². The van der Waals surface area contributed by atoms with E-state index < -0.39 is 0 Å². The Hall–Kier alpha value is -2.36. The van der Waals surface area contributed by atoms with Gasteiger partial charge in [-0.05, 0) is 31.5 Å². The smallest absolute Gasteiger partial charge is 0.270 e. The third-order valence-electron chi connectivity index (χ3n) is 2.94. The van der Waals surface area contributed by atoms with Gasteiger partial charge in [-0.2, -0.15) is 0 Å². The fourth-order valence-electron chi connectivity index (χ4n) is 1.75. The van der Waals surface area contributed by atoms with Gasteiger partial charge in [0.05, 0.1) is 17.9 Å². The molecule has 19 heavy (non-hydrogen) atoms. The SMILES string of the molecule is Cc1ccc(C(C)NC(=O)c2ccc(N)cn2)cc1. The van der Waals surface area contributed by atoms with Crippen LogP contribution in [0.2, 0.25) is 0 Å². The van der Waals surface area contributed by atoms with Gasteiger partial charge in [0.1, 0.15) is 5.69 Å². The van der Waals surface area contributed by atoms with E-state index in [1.165, 1.54) is 11.8 Å². The molecular formula is C15H17N3O. The van der Waals surface area contributed by atoms with Crippen LogP contribution in [0.5, 0.6) is 0 Å². The van der Waals surface area contributed by atoms with Gasteiger partial charge >= 0.3 is 0 Å². The molecular weight excluding hydrogens is 238 g/mol. The summed E-state index contributed by atoms with van der Waals surface area (Å²) in [6, 6.07) is 11.3. The molecule has 0 radical (unpaired) electrons. The van der Waals surface area contributed by atoms with Gasteiger partial charge < -0.3 is 11.1 Å². The van der Waals surface area contributed by atoms with Crippen LogP contribution in [0.3, 0.4) is 0 Å². The number of amides is 1. The van der Waals surface area contributed by atoms with Crippen LogP contribution in [-0.4, -0.2) is 10.9 Å². The topological polar surface area (TPSA) is 68.0 Å². The fraction of sp³-hybridized carbons (Fsp3) is 0.200. The van der Waals surface area contributed by atoms with E-state index in [-0.39, 0.29) is 11.9 Å². The summed E-state index contributed by atoms with van der Waals surface area (Å²) in [4.78, 5) is 16.0. The lowest BCUT2D eigenvalue weighted by atomic mass is 10.1. The molecule has 0 aliphatic rings. The van der Waals surface area contributed by atoms with E-state index in [9.17, 15) is 4.79 Å². The highest BCUT2D eigenvalue weighted by atomic mass is 16.1. The summed E-state index contributed by atoms with van der Waals surface area (Å²) in [6.45, 7) is 3.98. The minimum atomic E-state index is -0.201. The highest BCUT2D eigenvalue weighted by Crippen LogP contribution is 2.13. The third-order valence-corrected chi connectivity index (χ3v) is 2.94. The van der Waals surface area contributed by atoms with Crippen LogP contribution in [0, 0.1) is 6.92 Å². The zero-order valence-corrected chi connectivity index (χ0v) is 11.1. The highest BCUT2D eigenvalue weighted by Gasteiger charge is 2.12. The maximum absolute atomic E-state index is 12.0. The van der Waals surface area contributed by atoms with E-state index in [1.54, 1.807) is 12.1 Å². The zero-order chi connectivity index (χ0) is 13.8. The molecule has 0 bridgehead atoms. The van der Waals surface area contributed by atoms with Crippen LogP contribution in [0.15, 0.2) is 42.6 Å². The van der Waals surface area contributed by atoms with E-state index >= 15 is 0 Å². The number of anilines is 1. The maximum atomic E-state index is 12.0. The molecule has 0 fully saturated rings. The summed E-state index contributed by atoms with van der Waals surface area (Å²) < 4.78 is 0. The van der Waals surface area contributed by atoms with Crippen molar-refractivity contribution in [1.82, 2.24) is 10.3 Å². The van der Waals surface area contributed by atoms with Crippen molar-refractivity contribution in [3.63, 3.8) is 0 Å². The molecule has 2 rings (SSSR count). The van der Waals surface area contributed by atoms with E-state index in [1.807, 2.05) is 38.1 Å². The van der Waals surface area contributed by atoms with Crippen LogP contribution in [-0.2, 0) is 0 Å². The number of nitrogens with two attached hydrogens (primary N) is 1. The van der Waals surface area contributed by atoms with Crippen LogP contribution in [0.25, 0.3) is 0 Å². The van der Waals surface area contributed by atoms with Crippen molar-refractivity contribution in [3.05, 3.63) is 59.4 Å². The minimum Gasteiger partial charge on any atom is -0.397 e. The minimum absolute atomic E-state index is 0.0625. The van der Waals surface area contributed by atoms with Crippen LogP contribution in [0.1, 0.15) is 34.6 Å². The van der Waals surface area contributed by atoms with E-state index in [2.05, 4.69) is 10.3 Å². The Kier molecular flexibility index (Phi) is 3.80. The van der Waals surface area contributed by atoms with Crippen LogP contribution in [0.4, 0.5) is 5.69 Å². The molecule has 4 nitrogen and oxygen atoms in total. The predicted octanol–water partition coefficient (Wildman–Crippen LogP) is 2.46. The Morgan fingerprint density at radius 2 is 1.89 bits per heavy atom. The van der Waals surface area contributed by atoms with Gasteiger partial charge in [0, 0.05) is 0 Å². The molecule has 4 heteroatoms. The predicted molar refractivity (Wildman–Crippen MR) is 75.7 cm³/mol. The van der Waals surface area contributed by atoms with E-state index in [4.69, 9.17) is 5.73 Å². The number of hydrogen-bond acceptors (Lipinski definition) is 3. The average Bonchev–Trinajstić information content (AvgIpc) is 2.40. The highest BCUT2D eigenvalue weighted by molar-refractivity contribution is 5.92. The standard InChI is InChI=1S/C15H17N3O/c1-10-3-5-12(6-4-10)11(2)18-15(19)14-8-7-13(16)9-17-14/h3-9,11H,16H2,1-2H3,(H,18,19). The Morgan fingerprint density at radius 3 is 2.47 bits per heavy atom. The first-order chi connectivity index (χ1) is 9.06. The van der Waals surface area contributed by atoms with Crippen molar-refractivity contribution >= 4 is 11.6 Å². The quantitative estimate of drug-likeness (QED) is 0.885. The second-order valence-corrected chi connectivity index (χ2v) is 4.58. The van der Waals surface area contributed by atoms with Crippen molar-refractivity contribution in [2.24, 2.45) is 0 Å². The molecule has 1 aromatic carbocycles. The second kappa shape index (κ2) is 5.52. The lowest BCUT2D eigenvalue weighted by molar-refractivity contribution is 0.0935. The Labute approximate surface area is 112 Å². The molecule has 1 amide bonds. The van der Waals surface area contributed by atoms with E-state index in [0.29, 0.717) is 11.4 Å². The molecule has 0 aliphatic carbocycles. The van der Waals surface area contributed by atoms with Gasteiger partial charge in [-0.25, -0.2) is 4.98 Å². The molecule has 3 N–H and O–H groups in total. The van der Waals surface area contributed by atoms with Gasteiger partial charge in [-0.3, -0.25) is 4.79 Å². The number of aryl methyl sites for hydroxylation is 1. The van der Waals surface area contributed by atoms with Crippen LogP contribution < -0.4 is 11.1 Å². The average molecular weight is 255 g/mol. The zero-order valence-electron chi connectivity index (χ0n) is 11.1. The molecule has 0 saturated heterocycles. The van der Waals surface area contributed by atoms with Crippen molar-refractivity contribution in [2.75, 3.05) is 5.73 Å². The van der Waals surface area contributed by atoms with Gasteiger partial charge in [0.15, 0.2) is 0 Å². The number of carbonyl (C=O) groups is 1. The molecule has 1 heterocycles. The number of nitrogens with one attached hydrogen (secondary N) is 1. The third kappa shape index (κ3) is 3.31. The summed E-state index contributed by atoms with van der Waals surface area (Å²) in [5.74, 6) is -0.201. The second-order valence-electron chi connectivity index (χ2n) is 4.58. The molecule has 98 valence electrons. The number of nitrogen functional groups attached to an aromatic ring is 1. The van der Waals surface area contributed by atoms with Crippen molar-refractivity contribution in [1.29, 1.82) is 0 Å². The Morgan fingerprint density at radius 1 is 1.21 bits per heavy atom. The van der Waals surface area contributed by atoms with E-state index in [0.717, 1.165) is 5.56 Å². The molecule has 0 spiro atoms. The largest absolute Gasteiger partial charge is 0.397 e. The first-order valence-electron chi connectivity index (χ1n) is 6.15. The molecule has 0 aliphatic heterocycles. The van der Waals surface area contributed by atoms with Gasteiger partial charge in [0.2, 0.25) is 0 Å². The lowest BCUT2D eigenvalue weighted by Crippen LogP contribution is -2.27. The maximum Gasteiger partial charge on any atom is 0.270 e. The summed E-state index contributed by atoms with van der Waals surface area (Å²) in [5.41, 5.74) is 8.71. The Bertz CT molecular complexity index is 561. The van der Waals surface area contributed by atoms with Crippen LogP contribution >= 0.6 is 0 Å². The molecule has 2 aromatic rings. The number of hydrogen-bond donors (Lipinski definition) is 2. The van der Waals surface area contributed by atoms with Gasteiger partial charge in [-0.15, -0.1) is 0 Å². The van der Waals surface area contributed by atoms with Gasteiger partial charge in [-0.1, -0.05) is 29.8 Å². The molecule has 0 saturated carbocycles. The number of aromatic nitrogens is 1. The van der Waals surface area contributed by atoms with Crippen molar-refractivity contribution in [2.45, 2.75) is 19.9 Å². The number of pyridine rings is 1. The Balaban J connectivity index is 2.06. The number of carbonyl (C=O) groups excluding carboxylic acids is 1. The monoisotopic (exact) mass is 255 g/mol. The first-order valence-corrected chi connectivity index (χ1v) is 6.15. The first kappa shape index (κ1) is 13.1. The normalized spacial score (nSPS) is 11.9. The lowest BCUT2D eigenvalue weighted by Gasteiger charge is -2.14. The summed E-state index contributed by atoms with van der Waals surface area (Å²) >= 11 is 0. The fourth-order valence-corrected chi connectivity index (χ4v) is 1.75. The summed E-state index contributed by atoms with van der Waals surface area (Å²) in [6.07, 6.45) is 1.48. The number of benzene rings is 1. The molecule has 1 unspecified atom stereocenters. The molecule has 1 atom stereocenters. The summed E-state index contributed by atoms with van der Waals surface area (Å²) in [7, 11) is 0. The number of nitrogens with zero attached hydrogens (tertiary/aromatic N) is 1. The van der Waals surface area contributed by atoms with Crippen molar-refractivity contribution < 1.29 is 4.79 Å².